The van der Waals surface area contributed by atoms with Gasteiger partial charge in [-0.1, -0.05) is 17.7 Å². The lowest BCUT2D eigenvalue weighted by Crippen LogP contribution is -1.87. The van der Waals surface area contributed by atoms with Gasteiger partial charge in [-0.3, -0.25) is 0 Å². The van der Waals surface area contributed by atoms with Crippen molar-refractivity contribution in [2.45, 2.75) is 25.0 Å². The van der Waals surface area contributed by atoms with Crippen molar-refractivity contribution >= 4 is 24.0 Å². The fraction of sp³-hybridized carbons (Fsp3) is 0.231. The monoisotopic (exact) mass is 234 g/mol. The number of hydrogen-bond donors (Lipinski definition) is 1. The molecule has 2 aromatic rings. The highest BCUT2D eigenvalue weighted by molar-refractivity contribution is 7.83. The van der Waals surface area contributed by atoms with E-state index in [1.165, 1.54) is 27.1 Å². The maximum Gasteiger partial charge on any atom is 0.0574 e. The molecule has 0 aliphatic rings. The van der Waals surface area contributed by atoms with Crippen LogP contribution in [0.25, 0.3) is 10.4 Å². The molecule has 78 valence electrons. The molecule has 0 atom stereocenters. The molecule has 15 heavy (non-hydrogen) atoms. The zero-order valence-electron chi connectivity index (χ0n) is 9.16. The minimum absolute atomic E-state index is 1.07. The second kappa shape index (κ2) is 4.03. The number of benzene rings is 1. The summed E-state index contributed by atoms with van der Waals surface area (Å²) >= 11 is 6.10. The lowest BCUT2D eigenvalue weighted by molar-refractivity contribution is 1.33. The van der Waals surface area contributed by atoms with Crippen LogP contribution in [0, 0.1) is 20.8 Å². The van der Waals surface area contributed by atoms with Crippen LogP contribution in [0.5, 0.6) is 0 Å². The summed E-state index contributed by atoms with van der Waals surface area (Å²) in [6.07, 6.45) is 0. The molecular formula is C13H14S2. The predicted octanol–water partition coefficient (Wildman–Crippen LogP) is 4.63. The van der Waals surface area contributed by atoms with Crippen LogP contribution in [-0.4, -0.2) is 0 Å². The van der Waals surface area contributed by atoms with Gasteiger partial charge >= 0.3 is 0 Å². The van der Waals surface area contributed by atoms with Crippen molar-refractivity contribution in [2.24, 2.45) is 0 Å². The van der Waals surface area contributed by atoms with Gasteiger partial charge in [0, 0.05) is 4.88 Å². The second-order valence-corrected chi connectivity index (χ2v) is 5.78. The molecular weight excluding hydrogens is 220 g/mol. The van der Waals surface area contributed by atoms with Crippen molar-refractivity contribution in [2.75, 3.05) is 0 Å². The van der Waals surface area contributed by atoms with Crippen LogP contribution >= 0.6 is 24.0 Å². The molecule has 0 saturated carbocycles. The summed E-state index contributed by atoms with van der Waals surface area (Å²) in [6, 6.07) is 8.68. The largest absolute Gasteiger partial charge is 0.133 e. The SMILES string of the molecule is Cc1cc(C)c(-c2ccc(S)s2)c(C)c1. The van der Waals surface area contributed by atoms with Gasteiger partial charge in [0.05, 0.1) is 4.21 Å². The Morgan fingerprint density at radius 3 is 2.07 bits per heavy atom. The lowest BCUT2D eigenvalue weighted by Gasteiger charge is -2.09. The fourth-order valence-corrected chi connectivity index (χ4v) is 3.32. The molecule has 0 unspecified atom stereocenters. The van der Waals surface area contributed by atoms with Gasteiger partial charge in [0.1, 0.15) is 0 Å². The molecule has 0 spiro atoms. The molecule has 0 saturated heterocycles. The number of rotatable bonds is 1. The van der Waals surface area contributed by atoms with Gasteiger partial charge in [0.15, 0.2) is 0 Å². The quantitative estimate of drug-likeness (QED) is 0.683. The molecule has 0 bridgehead atoms. The van der Waals surface area contributed by atoms with Gasteiger partial charge < -0.3 is 0 Å². The number of thiophene rings is 1. The van der Waals surface area contributed by atoms with Crippen LogP contribution in [0.1, 0.15) is 16.7 Å². The Bertz CT molecular complexity index is 472. The topological polar surface area (TPSA) is 0 Å². The van der Waals surface area contributed by atoms with E-state index < -0.39 is 0 Å². The molecule has 1 aromatic heterocycles. The maximum absolute atomic E-state index is 4.36. The molecule has 0 nitrogen and oxygen atoms in total. The molecule has 0 amide bonds. The first-order chi connectivity index (χ1) is 7.08. The van der Waals surface area contributed by atoms with Crippen molar-refractivity contribution in [1.29, 1.82) is 0 Å². The van der Waals surface area contributed by atoms with Crippen molar-refractivity contribution in [3.63, 3.8) is 0 Å². The van der Waals surface area contributed by atoms with Gasteiger partial charge in [-0.25, -0.2) is 0 Å². The normalized spacial score (nSPS) is 10.7. The Morgan fingerprint density at radius 2 is 1.60 bits per heavy atom. The van der Waals surface area contributed by atoms with Crippen LogP contribution in [0.4, 0.5) is 0 Å². The molecule has 1 heterocycles. The maximum atomic E-state index is 4.36. The van der Waals surface area contributed by atoms with E-state index in [2.05, 4.69) is 57.7 Å². The van der Waals surface area contributed by atoms with Crippen LogP contribution in [0.3, 0.4) is 0 Å². The highest BCUT2D eigenvalue weighted by atomic mass is 32.2. The predicted molar refractivity (Wildman–Crippen MR) is 71.2 cm³/mol. The smallest absolute Gasteiger partial charge is 0.0574 e. The van der Waals surface area contributed by atoms with Gasteiger partial charge in [0.2, 0.25) is 0 Å². The van der Waals surface area contributed by atoms with Crippen molar-refractivity contribution in [3.8, 4) is 10.4 Å². The number of thiol groups is 1. The number of aryl methyl sites for hydroxylation is 3. The van der Waals surface area contributed by atoms with E-state index in [-0.39, 0.29) is 0 Å². The van der Waals surface area contributed by atoms with E-state index >= 15 is 0 Å². The summed E-state index contributed by atoms with van der Waals surface area (Å²) in [7, 11) is 0. The Kier molecular flexibility index (Phi) is 2.89. The Hall–Kier alpha value is -0.730. The van der Waals surface area contributed by atoms with Crippen LogP contribution in [0.15, 0.2) is 28.5 Å². The lowest BCUT2D eigenvalue weighted by atomic mass is 9.99. The van der Waals surface area contributed by atoms with E-state index in [9.17, 15) is 0 Å². The number of hydrogen-bond acceptors (Lipinski definition) is 2. The van der Waals surface area contributed by atoms with E-state index in [1.54, 1.807) is 11.3 Å². The second-order valence-electron chi connectivity index (χ2n) is 3.91. The average molecular weight is 234 g/mol. The third-order valence-corrected chi connectivity index (χ3v) is 3.84. The van der Waals surface area contributed by atoms with Crippen molar-refractivity contribution in [3.05, 3.63) is 41.0 Å². The van der Waals surface area contributed by atoms with Crippen LogP contribution < -0.4 is 0 Å². The third kappa shape index (κ3) is 2.11. The zero-order chi connectivity index (χ0) is 11.0. The standard InChI is InChI=1S/C13H14S2/c1-8-6-9(2)13(10(3)7-8)11-4-5-12(14)15-11/h4-7,14H,1-3H3. The summed E-state index contributed by atoms with van der Waals surface area (Å²) in [5.74, 6) is 0. The molecule has 0 radical (unpaired) electrons. The zero-order valence-corrected chi connectivity index (χ0v) is 10.9. The van der Waals surface area contributed by atoms with Gasteiger partial charge in [-0.05, 0) is 49.6 Å². The molecule has 0 N–H and O–H groups in total. The Balaban J connectivity index is 2.62. The minimum atomic E-state index is 1.07. The van der Waals surface area contributed by atoms with E-state index in [0.717, 1.165) is 4.21 Å². The first-order valence-corrected chi connectivity index (χ1v) is 6.21. The highest BCUT2D eigenvalue weighted by Gasteiger charge is 2.08. The summed E-state index contributed by atoms with van der Waals surface area (Å²) in [4.78, 5) is 1.31. The molecule has 2 heteroatoms. The fourth-order valence-electron chi connectivity index (χ4n) is 2.03. The highest BCUT2D eigenvalue weighted by Crippen LogP contribution is 2.34. The summed E-state index contributed by atoms with van der Waals surface area (Å²) in [5, 5.41) is 0. The van der Waals surface area contributed by atoms with Gasteiger partial charge in [-0.2, -0.15) is 0 Å². The summed E-state index contributed by atoms with van der Waals surface area (Å²) in [6.45, 7) is 6.49. The molecule has 1 aromatic carbocycles. The minimum Gasteiger partial charge on any atom is -0.133 e. The van der Waals surface area contributed by atoms with Gasteiger partial charge in [0.25, 0.3) is 0 Å². The first kappa shape index (κ1) is 10.8. The molecule has 0 fully saturated rings. The van der Waals surface area contributed by atoms with Crippen molar-refractivity contribution < 1.29 is 0 Å². The summed E-state index contributed by atoms with van der Waals surface area (Å²) < 4.78 is 1.07. The van der Waals surface area contributed by atoms with Crippen LogP contribution in [-0.2, 0) is 0 Å². The molecule has 0 aliphatic carbocycles. The first-order valence-electron chi connectivity index (χ1n) is 4.95. The van der Waals surface area contributed by atoms with E-state index in [0.29, 0.717) is 0 Å². The van der Waals surface area contributed by atoms with E-state index in [1.807, 2.05) is 0 Å². The molecule has 0 aliphatic heterocycles. The van der Waals surface area contributed by atoms with Crippen molar-refractivity contribution in [1.82, 2.24) is 0 Å². The Morgan fingerprint density at radius 1 is 1.00 bits per heavy atom. The third-order valence-electron chi connectivity index (χ3n) is 2.52. The molecule has 2 rings (SSSR count). The Labute approximate surface area is 100 Å². The van der Waals surface area contributed by atoms with E-state index in [4.69, 9.17) is 0 Å². The van der Waals surface area contributed by atoms with Crippen LogP contribution in [0.2, 0.25) is 0 Å². The summed E-state index contributed by atoms with van der Waals surface area (Å²) in [5.41, 5.74) is 5.40. The van der Waals surface area contributed by atoms with Gasteiger partial charge in [-0.15, -0.1) is 24.0 Å². The average Bonchev–Trinajstić information content (AvgIpc) is 2.49.